The van der Waals surface area contributed by atoms with Gasteiger partial charge in [-0.1, -0.05) is 31.0 Å². The zero-order chi connectivity index (χ0) is 13.7. The monoisotopic (exact) mass is 280 g/mol. The quantitative estimate of drug-likeness (QED) is 0.907. The Bertz CT molecular complexity index is 406. The first-order valence-corrected chi connectivity index (χ1v) is 7.86. The molecular weight excluding hydrogens is 256 g/mol. The van der Waals surface area contributed by atoms with Gasteiger partial charge in [-0.25, -0.2) is 0 Å². The molecule has 1 heterocycles. The third-order valence-electron chi connectivity index (χ3n) is 4.25. The highest BCUT2D eigenvalue weighted by Crippen LogP contribution is 2.31. The maximum atomic E-state index is 6.34. The smallest absolute Gasteiger partial charge is 0.0459 e. The fraction of sp³-hybridized carbons (Fsp3) is 0.625. The molecule has 0 saturated carbocycles. The van der Waals surface area contributed by atoms with Crippen LogP contribution >= 0.6 is 11.6 Å². The summed E-state index contributed by atoms with van der Waals surface area (Å²) in [4.78, 5) is 2.51. The summed E-state index contributed by atoms with van der Waals surface area (Å²) in [6.45, 7) is 5.26. The maximum absolute atomic E-state index is 6.34. The van der Waals surface area contributed by atoms with Gasteiger partial charge in [0.2, 0.25) is 0 Å². The van der Waals surface area contributed by atoms with E-state index in [1.165, 1.54) is 36.9 Å². The molecule has 1 saturated heterocycles. The number of nitrogens with zero attached hydrogens (tertiary/aromatic N) is 1. The molecule has 106 valence electrons. The van der Waals surface area contributed by atoms with E-state index in [0.717, 1.165) is 30.5 Å². The summed E-state index contributed by atoms with van der Waals surface area (Å²) >= 11 is 6.34. The number of hydrogen-bond acceptors (Lipinski definition) is 2. The van der Waals surface area contributed by atoms with Gasteiger partial charge >= 0.3 is 0 Å². The number of halogens is 1. The average molecular weight is 281 g/mol. The summed E-state index contributed by atoms with van der Waals surface area (Å²) in [5, 5.41) is 0.860. The Labute approximate surface area is 121 Å². The minimum atomic E-state index is 0.655. The van der Waals surface area contributed by atoms with E-state index in [4.69, 9.17) is 17.3 Å². The van der Waals surface area contributed by atoms with Crippen LogP contribution in [0.25, 0.3) is 0 Å². The molecule has 1 fully saturated rings. The lowest BCUT2D eigenvalue weighted by Gasteiger charge is -2.26. The van der Waals surface area contributed by atoms with Gasteiger partial charge in [0.15, 0.2) is 0 Å². The van der Waals surface area contributed by atoms with Crippen molar-refractivity contribution in [3.63, 3.8) is 0 Å². The second-order valence-electron chi connectivity index (χ2n) is 5.47. The summed E-state index contributed by atoms with van der Waals surface area (Å²) < 4.78 is 0. The molecule has 1 aromatic rings. The lowest BCUT2D eigenvalue weighted by Crippen LogP contribution is -2.26. The van der Waals surface area contributed by atoms with Crippen LogP contribution in [0.5, 0.6) is 0 Å². The molecule has 0 radical (unpaired) electrons. The molecule has 1 atom stereocenters. The van der Waals surface area contributed by atoms with E-state index in [2.05, 4.69) is 24.0 Å². The Morgan fingerprint density at radius 2 is 2.16 bits per heavy atom. The van der Waals surface area contributed by atoms with Gasteiger partial charge in [-0.05, 0) is 55.8 Å². The van der Waals surface area contributed by atoms with Crippen LogP contribution in [0.2, 0.25) is 5.02 Å². The van der Waals surface area contributed by atoms with Crippen molar-refractivity contribution in [3.8, 4) is 0 Å². The predicted molar refractivity (Wildman–Crippen MR) is 84.1 cm³/mol. The van der Waals surface area contributed by atoms with Crippen LogP contribution < -0.4 is 10.6 Å². The lowest BCUT2D eigenvalue weighted by atomic mass is 9.98. The summed E-state index contributed by atoms with van der Waals surface area (Å²) in [5.41, 5.74) is 8.25. The van der Waals surface area contributed by atoms with Crippen molar-refractivity contribution in [1.29, 1.82) is 0 Å². The van der Waals surface area contributed by atoms with Crippen molar-refractivity contribution >= 4 is 17.3 Å². The fourth-order valence-electron chi connectivity index (χ4n) is 3.05. The summed E-state index contributed by atoms with van der Waals surface area (Å²) in [6, 6.07) is 6.23. The number of anilines is 1. The van der Waals surface area contributed by atoms with E-state index in [1.807, 2.05) is 6.07 Å². The van der Waals surface area contributed by atoms with Crippen LogP contribution in [0.15, 0.2) is 18.2 Å². The first kappa shape index (κ1) is 14.7. The third-order valence-corrected chi connectivity index (χ3v) is 4.61. The van der Waals surface area contributed by atoms with Crippen LogP contribution in [0.1, 0.15) is 38.2 Å². The second kappa shape index (κ2) is 7.16. The number of hydrogen-bond donors (Lipinski definition) is 1. The summed E-state index contributed by atoms with van der Waals surface area (Å²) in [5.74, 6) is 0.891. The van der Waals surface area contributed by atoms with E-state index in [-0.39, 0.29) is 0 Å². The van der Waals surface area contributed by atoms with Crippen LogP contribution in [0.4, 0.5) is 5.69 Å². The van der Waals surface area contributed by atoms with Crippen LogP contribution in [0.3, 0.4) is 0 Å². The van der Waals surface area contributed by atoms with Gasteiger partial charge in [0, 0.05) is 23.8 Å². The highest BCUT2D eigenvalue weighted by molar-refractivity contribution is 6.31. The van der Waals surface area contributed by atoms with E-state index >= 15 is 0 Å². The van der Waals surface area contributed by atoms with Gasteiger partial charge in [-0.2, -0.15) is 0 Å². The molecule has 1 unspecified atom stereocenters. The number of benzene rings is 1. The van der Waals surface area contributed by atoms with E-state index in [1.54, 1.807) is 0 Å². The molecule has 19 heavy (non-hydrogen) atoms. The van der Waals surface area contributed by atoms with Crippen molar-refractivity contribution in [2.24, 2.45) is 11.7 Å². The van der Waals surface area contributed by atoms with Gasteiger partial charge in [0.05, 0.1) is 0 Å². The zero-order valence-corrected chi connectivity index (χ0v) is 12.6. The van der Waals surface area contributed by atoms with Crippen molar-refractivity contribution in [2.45, 2.75) is 39.0 Å². The SMILES string of the molecule is CCC1CCCN(c2cccc(Cl)c2CCN)CC1. The minimum absolute atomic E-state index is 0.655. The first-order valence-electron chi connectivity index (χ1n) is 7.48. The van der Waals surface area contributed by atoms with E-state index in [9.17, 15) is 0 Å². The van der Waals surface area contributed by atoms with Crippen LogP contribution in [0, 0.1) is 5.92 Å². The fourth-order valence-corrected chi connectivity index (χ4v) is 3.31. The second-order valence-corrected chi connectivity index (χ2v) is 5.88. The Morgan fingerprint density at radius 1 is 1.32 bits per heavy atom. The molecule has 3 heteroatoms. The first-order chi connectivity index (χ1) is 9.26. The number of rotatable bonds is 4. The van der Waals surface area contributed by atoms with Crippen LogP contribution in [-0.4, -0.2) is 19.6 Å². The Balaban J connectivity index is 2.18. The van der Waals surface area contributed by atoms with Gasteiger partial charge < -0.3 is 10.6 Å². The Hall–Kier alpha value is -0.730. The van der Waals surface area contributed by atoms with Gasteiger partial charge in [-0.3, -0.25) is 0 Å². The molecule has 0 amide bonds. The van der Waals surface area contributed by atoms with Gasteiger partial charge in [0.1, 0.15) is 0 Å². The molecule has 1 aliphatic heterocycles. The maximum Gasteiger partial charge on any atom is 0.0459 e. The van der Waals surface area contributed by atoms with E-state index in [0.29, 0.717) is 6.54 Å². The Morgan fingerprint density at radius 3 is 2.89 bits per heavy atom. The molecule has 0 aromatic heterocycles. The molecule has 0 aliphatic carbocycles. The lowest BCUT2D eigenvalue weighted by molar-refractivity contribution is 0.459. The molecule has 2 rings (SSSR count). The Kier molecular flexibility index (Phi) is 5.53. The van der Waals surface area contributed by atoms with Gasteiger partial charge in [0.25, 0.3) is 0 Å². The molecule has 0 bridgehead atoms. The van der Waals surface area contributed by atoms with Crippen molar-refractivity contribution in [2.75, 3.05) is 24.5 Å². The van der Waals surface area contributed by atoms with Crippen molar-refractivity contribution in [3.05, 3.63) is 28.8 Å². The number of nitrogens with two attached hydrogens (primary N) is 1. The predicted octanol–water partition coefficient (Wildman–Crippen LogP) is 3.86. The third kappa shape index (κ3) is 3.64. The molecule has 1 aliphatic rings. The largest absolute Gasteiger partial charge is 0.371 e. The van der Waals surface area contributed by atoms with Crippen molar-refractivity contribution < 1.29 is 0 Å². The standard InChI is InChI=1S/C16H25ClN2/c1-2-13-5-4-11-19(12-9-13)16-7-3-6-15(17)14(16)8-10-18/h3,6-7,13H,2,4-5,8-12,18H2,1H3. The molecule has 2 nitrogen and oxygen atoms in total. The van der Waals surface area contributed by atoms with Gasteiger partial charge in [-0.15, -0.1) is 0 Å². The van der Waals surface area contributed by atoms with E-state index < -0.39 is 0 Å². The normalized spacial score (nSPS) is 20.4. The highest BCUT2D eigenvalue weighted by Gasteiger charge is 2.18. The average Bonchev–Trinajstić information content (AvgIpc) is 2.66. The topological polar surface area (TPSA) is 29.3 Å². The molecule has 2 N–H and O–H groups in total. The molecule has 0 spiro atoms. The minimum Gasteiger partial charge on any atom is -0.371 e. The summed E-state index contributed by atoms with van der Waals surface area (Å²) in [6.07, 6.45) is 6.11. The van der Waals surface area contributed by atoms with Crippen molar-refractivity contribution in [1.82, 2.24) is 0 Å². The highest BCUT2D eigenvalue weighted by atomic mass is 35.5. The summed E-state index contributed by atoms with van der Waals surface area (Å²) in [7, 11) is 0. The molecule has 1 aromatic carbocycles. The van der Waals surface area contributed by atoms with Crippen LogP contribution in [-0.2, 0) is 6.42 Å². The molecular formula is C16H25ClN2. The zero-order valence-electron chi connectivity index (χ0n) is 11.9.